The highest BCUT2D eigenvalue weighted by atomic mass is 35.5. The topological polar surface area (TPSA) is 67.4 Å². The summed E-state index contributed by atoms with van der Waals surface area (Å²) in [6.45, 7) is 8.26. The Bertz CT molecular complexity index is 638. The highest BCUT2D eigenvalue weighted by Gasteiger charge is 2.34. The molecule has 2 N–H and O–H groups in total. The average molecular weight is 409 g/mol. The van der Waals surface area contributed by atoms with Crippen LogP contribution in [0.15, 0.2) is 30.3 Å². The third-order valence-corrected chi connectivity index (χ3v) is 6.02. The number of carbonyl (C=O) groups excluding carboxylic acids is 2. The molecule has 0 heterocycles. The largest absolute Gasteiger partial charge is 0.462 e. The summed E-state index contributed by atoms with van der Waals surface area (Å²) in [5.74, 6) is 0.900. The van der Waals surface area contributed by atoms with Gasteiger partial charge < -0.3 is 10.1 Å². The number of carbonyl (C=O) groups is 2. The molecule has 0 unspecified atom stereocenters. The van der Waals surface area contributed by atoms with E-state index in [1.807, 2.05) is 30.3 Å². The first-order valence-electron chi connectivity index (χ1n) is 10.2. The Morgan fingerprint density at radius 3 is 2.46 bits per heavy atom. The number of hydrogen-bond acceptors (Lipinski definition) is 4. The molecular weight excluding hydrogens is 376 g/mol. The van der Waals surface area contributed by atoms with E-state index in [1.165, 1.54) is 6.42 Å². The number of halogens is 1. The van der Waals surface area contributed by atoms with Crippen LogP contribution in [0.4, 0.5) is 0 Å². The van der Waals surface area contributed by atoms with Gasteiger partial charge in [0.1, 0.15) is 6.10 Å². The minimum atomic E-state index is -0.562. The van der Waals surface area contributed by atoms with Gasteiger partial charge in [-0.25, -0.2) is 4.84 Å². The molecule has 1 saturated carbocycles. The molecule has 0 bridgehead atoms. The first-order chi connectivity index (χ1) is 13.3. The van der Waals surface area contributed by atoms with Gasteiger partial charge in [-0.15, -0.1) is 0 Å². The van der Waals surface area contributed by atoms with Gasteiger partial charge in [-0.2, -0.15) is 0 Å². The fourth-order valence-electron chi connectivity index (χ4n) is 3.92. The van der Waals surface area contributed by atoms with Crippen molar-refractivity contribution < 1.29 is 14.3 Å². The van der Waals surface area contributed by atoms with Crippen LogP contribution < -0.4 is 10.2 Å². The van der Waals surface area contributed by atoms with Crippen LogP contribution in [-0.4, -0.2) is 24.0 Å². The third kappa shape index (κ3) is 6.49. The van der Waals surface area contributed by atoms with E-state index in [2.05, 4.69) is 30.9 Å². The fourth-order valence-corrected chi connectivity index (χ4v) is 4.02. The van der Waals surface area contributed by atoms with E-state index < -0.39 is 12.1 Å². The quantitative estimate of drug-likeness (QED) is 0.495. The smallest absolute Gasteiger partial charge is 0.308 e. The second kappa shape index (κ2) is 10.8. The normalized spacial score (nSPS) is 24.4. The molecule has 0 aromatic heterocycles. The Hall–Kier alpha value is -1.59. The van der Waals surface area contributed by atoms with Crippen molar-refractivity contribution in [2.24, 2.45) is 17.8 Å². The third-order valence-electron chi connectivity index (χ3n) is 5.69. The molecule has 1 aromatic carbocycles. The molecular formula is C22H33ClN2O3. The van der Waals surface area contributed by atoms with Crippen molar-refractivity contribution in [3.05, 3.63) is 35.9 Å². The van der Waals surface area contributed by atoms with Crippen molar-refractivity contribution in [3.63, 3.8) is 0 Å². The van der Waals surface area contributed by atoms with Gasteiger partial charge in [-0.1, -0.05) is 57.5 Å². The summed E-state index contributed by atoms with van der Waals surface area (Å²) in [7, 11) is 0. The van der Waals surface area contributed by atoms with Crippen molar-refractivity contribution in [3.8, 4) is 0 Å². The molecule has 0 saturated heterocycles. The summed E-state index contributed by atoms with van der Waals surface area (Å²) >= 11 is 5.57. The summed E-state index contributed by atoms with van der Waals surface area (Å²) in [4.78, 5) is 27.5. The van der Waals surface area contributed by atoms with Crippen LogP contribution in [0.3, 0.4) is 0 Å². The van der Waals surface area contributed by atoms with Gasteiger partial charge in [0.15, 0.2) is 0 Å². The predicted molar refractivity (Wildman–Crippen MR) is 112 cm³/mol. The molecule has 1 amide bonds. The van der Waals surface area contributed by atoms with E-state index in [1.54, 1.807) is 6.92 Å². The van der Waals surface area contributed by atoms with Crippen LogP contribution >= 0.6 is 11.8 Å². The van der Waals surface area contributed by atoms with Crippen LogP contribution in [-0.2, 0) is 14.3 Å². The maximum atomic E-state index is 12.8. The van der Waals surface area contributed by atoms with Gasteiger partial charge >= 0.3 is 5.97 Å². The number of esters is 1. The zero-order chi connectivity index (χ0) is 20.7. The minimum absolute atomic E-state index is 0.0493. The summed E-state index contributed by atoms with van der Waals surface area (Å²) < 4.78 is 5.92. The summed E-state index contributed by atoms with van der Waals surface area (Å²) in [6, 6.07) is 8.47. The van der Waals surface area contributed by atoms with Crippen molar-refractivity contribution in [1.82, 2.24) is 10.2 Å². The van der Waals surface area contributed by atoms with E-state index in [4.69, 9.17) is 16.5 Å². The molecule has 156 valence electrons. The Morgan fingerprint density at radius 2 is 1.86 bits per heavy atom. The molecule has 0 aliphatic heterocycles. The van der Waals surface area contributed by atoms with Gasteiger partial charge in [-0.3, -0.25) is 9.59 Å². The van der Waals surface area contributed by atoms with E-state index in [9.17, 15) is 9.59 Å². The molecule has 0 spiro atoms. The van der Waals surface area contributed by atoms with Gasteiger partial charge in [0.05, 0.1) is 18.5 Å². The standard InChI is InChI=1S/C22H33ClN2O3/c1-14(2)18-11-10-15(3)12-20(18)28-21(26)13-19(17-8-6-5-7-9-17)24-22(27)16(4)25-23/h5-9,14-16,18-20,25H,10-13H2,1-4H3,(H,24,27)/t15-,16-,18+,19-,20-/m1/s1. The molecule has 0 radical (unpaired) electrons. The summed E-state index contributed by atoms with van der Waals surface area (Å²) in [5.41, 5.74) is 0.868. The number of amides is 1. The highest BCUT2D eigenvalue weighted by Crippen LogP contribution is 2.35. The molecule has 1 fully saturated rings. The van der Waals surface area contributed by atoms with Crippen LogP contribution in [0.1, 0.15) is 65.0 Å². The summed E-state index contributed by atoms with van der Waals surface area (Å²) in [6.07, 6.45) is 3.23. The number of hydrogen-bond donors (Lipinski definition) is 2. The Kier molecular flexibility index (Phi) is 8.77. The van der Waals surface area contributed by atoms with Gasteiger partial charge in [-0.05, 0) is 54.9 Å². The lowest BCUT2D eigenvalue weighted by molar-refractivity contribution is -0.156. The van der Waals surface area contributed by atoms with E-state index >= 15 is 0 Å². The van der Waals surface area contributed by atoms with E-state index in [-0.39, 0.29) is 24.4 Å². The Balaban J connectivity index is 2.07. The van der Waals surface area contributed by atoms with Gasteiger partial charge in [0, 0.05) is 0 Å². The number of nitrogens with one attached hydrogen (secondary N) is 2. The monoisotopic (exact) mass is 408 g/mol. The molecule has 1 aliphatic carbocycles. The SMILES string of the molecule is CC(C)[C@@H]1CC[C@@H](C)C[C@H]1OC(=O)C[C@@H](NC(=O)[C@@H](C)NCl)c1ccccc1. The van der Waals surface area contributed by atoms with Crippen molar-refractivity contribution in [2.75, 3.05) is 0 Å². The molecule has 5 atom stereocenters. The maximum absolute atomic E-state index is 12.8. The molecule has 5 nitrogen and oxygen atoms in total. The molecule has 28 heavy (non-hydrogen) atoms. The van der Waals surface area contributed by atoms with E-state index in [0.29, 0.717) is 17.8 Å². The number of benzene rings is 1. The zero-order valence-electron chi connectivity index (χ0n) is 17.3. The van der Waals surface area contributed by atoms with Crippen molar-refractivity contribution in [2.45, 2.75) is 71.6 Å². The second-order valence-corrected chi connectivity index (χ2v) is 8.58. The van der Waals surface area contributed by atoms with Crippen LogP contribution in [0.2, 0.25) is 0 Å². The molecule has 1 aliphatic rings. The number of ether oxygens (including phenoxy) is 1. The molecule has 6 heteroatoms. The average Bonchev–Trinajstić information content (AvgIpc) is 2.67. The predicted octanol–water partition coefficient (Wildman–Crippen LogP) is 4.37. The van der Waals surface area contributed by atoms with Crippen molar-refractivity contribution >= 4 is 23.7 Å². The fraction of sp³-hybridized carbons (Fsp3) is 0.636. The lowest BCUT2D eigenvalue weighted by atomic mass is 9.75. The Morgan fingerprint density at radius 1 is 1.18 bits per heavy atom. The van der Waals surface area contributed by atoms with Crippen LogP contribution in [0.25, 0.3) is 0 Å². The zero-order valence-corrected chi connectivity index (χ0v) is 18.0. The van der Waals surface area contributed by atoms with Gasteiger partial charge in [0.25, 0.3) is 0 Å². The maximum Gasteiger partial charge on any atom is 0.308 e. The Labute approximate surface area is 173 Å². The van der Waals surface area contributed by atoms with E-state index in [0.717, 1.165) is 18.4 Å². The minimum Gasteiger partial charge on any atom is -0.462 e. The highest BCUT2D eigenvalue weighted by molar-refractivity contribution is 6.15. The second-order valence-electron chi connectivity index (χ2n) is 8.36. The summed E-state index contributed by atoms with van der Waals surface area (Å²) in [5, 5.41) is 2.91. The van der Waals surface area contributed by atoms with Gasteiger partial charge in [0.2, 0.25) is 5.91 Å². The lowest BCUT2D eigenvalue weighted by Crippen LogP contribution is -2.41. The van der Waals surface area contributed by atoms with Crippen LogP contribution in [0.5, 0.6) is 0 Å². The number of rotatable bonds is 8. The van der Waals surface area contributed by atoms with Crippen molar-refractivity contribution in [1.29, 1.82) is 0 Å². The lowest BCUT2D eigenvalue weighted by Gasteiger charge is -2.37. The van der Waals surface area contributed by atoms with Crippen LogP contribution in [0, 0.1) is 17.8 Å². The first-order valence-corrected chi connectivity index (χ1v) is 10.6. The first kappa shape index (κ1) is 22.7. The molecule has 1 aromatic rings. The molecule has 2 rings (SSSR count).